The second-order valence-corrected chi connectivity index (χ2v) is 6.72. The first kappa shape index (κ1) is 19.0. The first-order chi connectivity index (χ1) is 11.3. The van der Waals surface area contributed by atoms with Crippen molar-refractivity contribution in [3.05, 3.63) is 63.6 Å². The Morgan fingerprint density at radius 3 is 2.38 bits per heavy atom. The minimum Gasteiger partial charge on any atom is -0.351 e. The van der Waals surface area contributed by atoms with Crippen molar-refractivity contribution in [2.75, 3.05) is 5.75 Å². The number of halogens is 5. The van der Waals surface area contributed by atoms with Crippen molar-refractivity contribution in [2.24, 2.45) is 0 Å². The van der Waals surface area contributed by atoms with Crippen LogP contribution in [0.3, 0.4) is 0 Å². The summed E-state index contributed by atoms with van der Waals surface area (Å²) in [5, 5.41) is 2.93. The second-order valence-electron chi connectivity index (χ2n) is 4.83. The quantitative estimate of drug-likeness (QED) is 0.687. The third-order valence-electron chi connectivity index (χ3n) is 3.02. The van der Waals surface area contributed by atoms with Gasteiger partial charge in [-0.3, -0.25) is 4.79 Å². The van der Waals surface area contributed by atoms with Crippen LogP contribution in [-0.4, -0.2) is 11.7 Å². The summed E-state index contributed by atoms with van der Waals surface area (Å²) in [7, 11) is 0. The van der Waals surface area contributed by atoms with Crippen LogP contribution in [0.1, 0.15) is 11.1 Å². The van der Waals surface area contributed by atoms with Crippen molar-refractivity contribution in [3.63, 3.8) is 0 Å². The van der Waals surface area contributed by atoms with E-state index in [2.05, 4.69) is 5.32 Å². The molecule has 24 heavy (non-hydrogen) atoms. The van der Waals surface area contributed by atoms with E-state index in [1.165, 1.54) is 12.1 Å². The summed E-state index contributed by atoms with van der Waals surface area (Å²) in [4.78, 5) is 12.1. The number of carbonyl (C=O) groups is 1. The van der Waals surface area contributed by atoms with Crippen molar-refractivity contribution in [3.8, 4) is 0 Å². The molecule has 0 bridgehead atoms. The van der Waals surface area contributed by atoms with Crippen LogP contribution in [0, 0.1) is 0 Å². The number of alkyl halides is 3. The Hall–Kier alpha value is -1.37. The summed E-state index contributed by atoms with van der Waals surface area (Å²) < 4.78 is 38.3. The SMILES string of the molecule is O=C(CSc1ccc(Cl)c(C(F)(F)F)c1)NCc1ccc(Cl)cc1. The molecule has 128 valence electrons. The van der Waals surface area contributed by atoms with Gasteiger partial charge in [0.25, 0.3) is 0 Å². The van der Waals surface area contributed by atoms with E-state index in [0.29, 0.717) is 16.5 Å². The fourth-order valence-corrected chi connectivity index (χ4v) is 2.93. The zero-order valence-corrected chi connectivity index (χ0v) is 14.5. The summed E-state index contributed by atoms with van der Waals surface area (Å²) in [6.45, 7) is 0.324. The molecule has 2 aromatic rings. The maximum atomic E-state index is 12.8. The van der Waals surface area contributed by atoms with Crippen molar-refractivity contribution >= 4 is 40.9 Å². The molecule has 0 atom stereocenters. The Morgan fingerprint density at radius 2 is 1.75 bits per heavy atom. The van der Waals surface area contributed by atoms with E-state index in [0.717, 1.165) is 23.4 Å². The van der Waals surface area contributed by atoms with E-state index in [-0.39, 0.29) is 16.7 Å². The van der Waals surface area contributed by atoms with E-state index in [1.54, 1.807) is 24.3 Å². The topological polar surface area (TPSA) is 29.1 Å². The molecule has 0 radical (unpaired) electrons. The molecule has 0 unspecified atom stereocenters. The average molecular weight is 394 g/mol. The highest BCUT2D eigenvalue weighted by molar-refractivity contribution is 8.00. The van der Waals surface area contributed by atoms with Crippen LogP contribution >= 0.6 is 35.0 Å². The number of hydrogen-bond donors (Lipinski definition) is 1. The Balaban J connectivity index is 1.88. The lowest BCUT2D eigenvalue weighted by Crippen LogP contribution is -2.24. The molecule has 2 nitrogen and oxygen atoms in total. The predicted molar refractivity (Wildman–Crippen MR) is 90.5 cm³/mol. The first-order valence-electron chi connectivity index (χ1n) is 6.76. The van der Waals surface area contributed by atoms with Crippen LogP contribution in [0.4, 0.5) is 13.2 Å². The van der Waals surface area contributed by atoms with Gasteiger partial charge in [-0.1, -0.05) is 35.3 Å². The van der Waals surface area contributed by atoms with Gasteiger partial charge in [0, 0.05) is 16.5 Å². The molecule has 0 heterocycles. The van der Waals surface area contributed by atoms with Crippen molar-refractivity contribution in [1.82, 2.24) is 5.32 Å². The minimum absolute atomic E-state index is 0.00647. The monoisotopic (exact) mass is 393 g/mol. The van der Waals surface area contributed by atoms with E-state index in [4.69, 9.17) is 23.2 Å². The molecule has 0 aliphatic carbocycles. The molecular weight excluding hydrogens is 382 g/mol. The number of benzene rings is 2. The first-order valence-corrected chi connectivity index (χ1v) is 8.50. The van der Waals surface area contributed by atoms with Gasteiger partial charge in [-0.15, -0.1) is 11.8 Å². The number of nitrogens with one attached hydrogen (secondary N) is 1. The Bertz CT molecular complexity index is 720. The van der Waals surface area contributed by atoms with E-state index in [9.17, 15) is 18.0 Å². The minimum atomic E-state index is -4.52. The smallest absolute Gasteiger partial charge is 0.351 e. The molecule has 2 aromatic carbocycles. The summed E-state index contributed by atoms with van der Waals surface area (Å²) >= 11 is 12.3. The van der Waals surface area contributed by atoms with Crippen LogP contribution in [0.2, 0.25) is 10.0 Å². The van der Waals surface area contributed by atoms with Crippen LogP contribution < -0.4 is 5.32 Å². The highest BCUT2D eigenvalue weighted by Gasteiger charge is 2.33. The summed E-state index contributed by atoms with van der Waals surface area (Å²) in [6, 6.07) is 10.6. The van der Waals surface area contributed by atoms with Gasteiger partial charge in [0.1, 0.15) is 0 Å². The molecule has 1 N–H and O–H groups in total. The van der Waals surface area contributed by atoms with Gasteiger partial charge in [0.2, 0.25) is 5.91 Å². The maximum absolute atomic E-state index is 12.8. The van der Waals surface area contributed by atoms with Crippen LogP contribution in [0.5, 0.6) is 0 Å². The highest BCUT2D eigenvalue weighted by Crippen LogP contribution is 2.36. The van der Waals surface area contributed by atoms with Crippen LogP contribution in [0.15, 0.2) is 47.4 Å². The third kappa shape index (κ3) is 5.61. The van der Waals surface area contributed by atoms with E-state index < -0.39 is 11.7 Å². The molecule has 0 aliphatic heterocycles. The molecule has 0 saturated heterocycles. The van der Waals surface area contributed by atoms with Crippen molar-refractivity contribution in [1.29, 1.82) is 0 Å². The van der Waals surface area contributed by atoms with Gasteiger partial charge < -0.3 is 5.32 Å². The van der Waals surface area contributed by atoms with Crippen LogP contribution in [-0.2, 0) is 17.5 Å². The predicted octanol–water partition coefficient (Wildman–Crippen LogP) is 5.42. The fraction of sp³-hybridized carbons (Fsp3) is 0.188. The maximum Gasteiger partial charge on any atom is 0.417 e. The zero-order valence-electron chi connectivity index (χ0n) is 12.2. The molecule has 0 aromatic heterocycles. The third-order valence-corrected chi connectivity index (χ3v) is 4.59. The Labute approximate surface area is 151 Å². The molecular formula is C16H12Cl2F3NOS. The molecule has 8 heteroatoms. The second kappa shape index (κ2) is 8.14. The van der Waals surface area contributed by atoms with Gasteiger partial charge in [-0.05, 0) is 35.9 Å². The average Bonchev–Trinajstić information content (AvgIpc) is 2.52. The molecule has 1 amide bonds. The van der Waals surface area contributed by atoms with Gasteiger partial charge in [-0.2, -0.15) is 13.2 Å². The molecule has 2 rings (SSSR count). The lowest BCUT2D eigenvalue weighted by molar-refractivity contribution is -0.137. The molecule has 0 spiro atoms. The van der Waals surface area contributed by atoms with E-state index in [1.807, 2.05) is 0 Å². The summed E-state index contributed by atoms with van der Waals surface area (Å²) in [5.41, 5.74) is -0.0284. The highest BCUT2D eigenvalue weighted by atomic mass is 35.5. The number of carbonyl (C=O) groups excluding carboxylic acids is 1. The lowest BCUT2D eigenvalue weighted by Gasteiger charge is -2.11. The summed E-state index contributed by atoms with van der Waals surface area (Å²) in [5.74, 6) is -0.273. The van der Waals surface area contributed by atoms with Gasteiger partial charge >= 0.3 is 6.18 Å². The van der Waals surface area contributed by atoms with Crippen molar-refractivity contribution in [2.45, 2.75) is 17.6 Å². The Kier molecular flexibility index (Phi) is 6.43. The normalized spacial score (nSPS) is 11.4. The lowest BCUT2D eigenvalue weighted by atomic mass is 10.2. The van der Waals surface area contributed by atoms with Crippen molar-refractivity contribution < 1.29 is 18.0 Å². The largest absolute Gasteiger partial charge is 0.417 e. The van der Waals surface area contributed by atoms with E-state index >= 15 is 0 Å². The van der Waals surface area contributed by atoms with Gasteiger partial charge in [-0.25, -0.2) is 0 Å². The van der Waals surface area contributed by atoms with Gasteiger partial charge in [0.05, 0.1) is 16.3 Å². The Morgan fingerprint density at radius 1 is 1.08 bits per heavy atom. The van der Waals surface area contributed by atoms with Crippen LogP contribution in [0.25, 0.3) is 0 Å². The number of hydrogen-bond acceptors (Lipinski definition) is 2. The van der Waals surface area contributed by atoms with Gasteiger partial charge in [0.15, 0.2) is 0 Å². The summed E-state index contributed by atoms with van der Waals surface area (Å²) in [6.07, 6.45) is -4.52. The molecule has 0 saturated carbocycles. The number of rotatable bonds is 5. The zero-order chi connectivity index (χ0) is 17.7. The standard InChI is InChI=1S/C16H12Cl2F3NOS/c17-11-3-1-10(2-4-11)8-22-15(23)9-24-12-5-6-14(18)13(7-12)16(19,20)21/h1-7H,8-9H2,(H,22,23). The molecule has 0 fully saturated rings. The number of thioether (sulfide) groups is 1. The fourth-order valence-electron chi connectivity index (χ4n) is 1.81. The number of amides is 1. The molecule has 0 aliphatic rings.